The largest absolute Gasteiger partial charge is 0.480 e. The Bertz CT molecular complexity index is 454. The van der Waals surface area contributed by atoms with E-state index in [4.69, 9.17) is 16.7 Å². The lowest BCUT2D eigenvalue weighted by Gasteiger charge is -2.06. The molecule has 1 fully saturated rings. The Kier molecular flexibility index (Phi) is 2.55. The van der Waals surface area contributed by atoms with E-state index in [1.54, 1.807) is 0 Å². The number of hydrogen-bond donors (Lipinski definition) is 1. The quantitative estimate of drug-likeness (QED) is 0.640. The molecule has 7 nitrogen and oxygen atoms in total. The van der Waals surface area contributed by atoms with Gasteiger partial charge in [0.25, 0.3) is 0 Å². The second-order valence-electron chi connectivity index (χ2n) is 3.66. The van der Waals surface area contributed by atoms with Crippen LogP contribution in [0.3, 0.4) is 0 Å². The third-order valence-electron chi connectivity index (χ3n) is 2.45. The van der Waals surface area contributed by atoms with Gasteiger partial charge in [0.1, 0.15) is 0 Å². The third-order valence-corrected chi connectivity index (χ3v) is 2.72. The van der Waals surface area contributed by atoms with E-state index >= 15 is 0 Å². The molecule has 1 aliphatic carbocycles. The summed E-state index contributed by atoms with van der Waals surface area (Å²) in [6.07, 6.45) is 2.78. The van der Waals surface area contributed by atoms with Gasteiger partial charge in [0.05, 0.1) is 11.3 Å². The molecule has 16 heavy (non-hydrogen) atoms. The number of nitro groups is 1. The molecule has 0 aromatic carbocycles. The van der Waals surface area contributed by atoms with E-state index in [-0.39, 0.29) is 10.9 Å². The molecule has 0 amide bonds. The first-order valence-corrected chi connectivity index (χ1v) is 5.00. The fourth-order valence-corrected chi connectivity index (χ4v) is 1.78. The maximum absolute atomic E-state index is 11.0. The fraction of sp³-hybridized carbons (Fsp3) is 0.500. The van der Waals surface area contributed by atoms with Crippen molar-refractivity contribution in [3.63, 3.8) is 0 Å². The Labute approximate surface area is 94.8 Å². The number of aliphatic carboxylic acids is 1. The van der Waals surface area contributed by atoms with Crippen LogP contribution in [-0.2, 0) is 4.79 Å². The van der Waals surface area contributed by atoms with Crippen molar-refractivity contribution in [1.29, 1.82) is 0 Å². The van der Waals surface area contributed by atoms with Crippen molar-refractivity contribution in [1.82, 2.24) is 9.78 Å². The molecule has 1 heterocycles. The average Bonchev–Trinajstić information content (AvgIpc) is 2.89. The monoisotopic (exact) mass is 245 g/mol. The number of carboxylic acids is 1. The second-order valence-corrected chi connectivity index (χ2v) is 4.07. The zero-order valence-electron chi connectivity index (χ0n) is 8.04. The van der Waals surface area contributed by atoms with Crippen molar-refractivity contribution in [2.45, 2.75) is 18.9 Å². The van der Waals surface area contributed by atoms with Gasteiger partial charge in [-0.05, 0) is 23.7 Å². The summed E-state index contributed by atoms with van der Waals surface area (Å²) < 4.78 is 1.07. The van der Waals surface area contributed by atoms with E-state index in [2.05, 4.69) is 5.10 Å². The van der Waals surface area contributed by atoms with E-state index in [1.165, 1.54) is 6.20 Å². The number of carbonyl (C=O) groups is 1. The predicted molar refractivity (Wildman–Crippen MR) is 53.3 cm³/mol. The summed E-state index contributed by atoms with van der Waals surface area (Å²) in [4.78, 5) is 20.8. The van der Waals surface area contributed by atoms with Crippen molar-refractivity contribution < 1.29 is 14.8 Å². The Balaban J connectivity index is 2.35. The molecule has 0 radical (unpaired) electrons. The van der Waals surface area contributed by atoms with Gasteiger partial charge >= 0.3 is 11.8 Å². The Morgan fingerprint density at radius 2 is 2.38 bits per heavy atom. The summed E-state index contributed by atoms with van der Waals surface area (Å²) >= 11 is 5.60. The molecule has 0 spiro atoms. The van der Waals surface area contributed by atoms with Gasteiger partial charge in [-0.25, -0.2) is 4.79 Å². The van der Waals surface area contributed by atoms with Crippen LogP contribution in [0.5, 0.6) is 0 Å². The molecule has 0 saturated heterocycles. The first kappa shape index (κ1) is 10.9. The van der Waals surface area contributed by atoms with Crippen LogP contribution in [0, 0.1) is 16.0 Å². The molecule has 1 aromatic heterocycles. The van der Waals surface area contributed by atoms with Gasteiger partial charge in [0.2, 0.25) is 0 Å². The third kappa shape index (κ3) is 1.85. The maximum atomic E-state index is 11.0. The van der Waals surface area contributed by atoms with Crippen molar-refractivity contribution in [3.05, 3.63) is 21.3 Å². The van der Waals surface area contributed by atoms with Gasteiger partial charge in [-0.15, -0.1) is 0 Å². The van der Waals surface area contributed by atoms with E-state index in [1.807, 2.05) is 0 Å². The lowest BCUT2D eigenvalue weighted by Crippen LogP contribution is -2.21. The minimum Gasteiger partial charge on any atom is -0.480 e. The van der Waals surface area contributed by atoms with Gasteiger partial charge in [0.15, 0.2) is 11.1 Å². The highest BCUT2D eigenvalue weighted by Crippen LogP contribution is 2.40. The van der Waals surface area contributed by atoms with Crippen LogP contribution in [0.25, 0.3) is 0 Å². The summed E-state index contributed by atoms with van der Waals surface area (Å²) in [6.45, 7) is 0. The standard InChI is InChI=1S/C8H8ClN3O4/c9-5-3-11(10-7(5)12(15)16)6(8(13)14)4-1-2-4/h3-4,6H,1-2H2,(H,13,14). The van der Waals surface area contributed by atoms with Crippen LogP contribution in [0.15, 0.2) is 6.20 Å². The van der Waals surface area contributed by atoms with Crippen molar-refractivity contribution in [3.8, 4) is 0 Å². The first-order valence-electron chi connectivity index (χ1n) is 4.62. The molecule has 1 N–H and O–H groups in total. The highest BCUT2D eigenvalue weighted by Gasteiger charge is 2.41. The number of nitrogens with zero attached hydrogens (tertiary/aromatic N) is 3. The van der Waals surface area contributed by atoms with Crippen LogP contribution < -0.4 is 0 Å². The summed E-state index contributed by atoms with van der Waals surface area (Å²) in [7, 11) is 0. The average molecular weight is 246 g/mol. The zero-order chi connectivity index (χ0) is 11.9. The minimum atomic E-state index is -1.04. The van der Waals surface area contributed by atoms with Crippen LogP contribution >= 0.6 is 11.6 Å². The van der Waals surface area contributed by atoms with Gasteiger partial charge in [-0.3, -0.25) is 0 Å². The van der Waals surface area contributed by atoms with Crippen LogP contribution in [0.1, 0.15) is 18.9 Å². The molecule has 0 aliphatic heterocycles. The minimum absolute atomic E-state index is 0.00642. The number of hydrogen-bond acceptors (Lipinski definition) is 4. The first-order chi connectivity index (χ1) is 7.50. The molecule has 86 valence electrons. The number of carboxylic acid groups (broad SMARTS) is 1. The molecule has 1 saturated carbocycles. The molecule has 2 rings (SSSR count). The topological polar surface area (TPSA) is 98.3 Å². The molecule has 1 aromatic rings. The summed E-state index contributed by atoms with van der Waals surface area (Å²) in [5.41, 5.74) is 0. The van der Waals surface area contributed by atoms with Crippen LogP contribution in [0.4, 0.5) is 5.82 Å². The molecular formula is C8H8ClN3O4. The molecule has 1 aliphatic rings. The van der Waals surface area contributed by atoms with Gasteiger partial charge < -0.3 is 15.2 Å². The molecule has 1 unspecified atom stereocenters. The van der Waals surface area contributed by atoms with Crippen LogP contribution in [0.2, 0.25) is 5.02 Å². The fourth-order valence-electron chi connectivity index (χ4n) is 1.57. The molecular weight excluding hydrogens is 238 g/mol. The normalized spacial score (nSPS) is 17.1. The highest BCUT2D eigenvalue weighted by molar-refractivity contribution is 6.32. The van der Waals surface area contributed by atoms with Gasteiger partial charge in [-0.1, -0.05) is 11.6 Å². The van der Waals surface area contributed by atoms with E-state index in [9.17, 15) is 14.9 Å². The van der Waals surface area contributed by atoms with Crippen LogP contribution in [-0.4, -0.2) is 25.8 Å². The van der Waals surface area contributed by atoms with Gasteiger partial charge in [0, 0.05) is 0 Å². The number of rotatable bonds is 4. The van der Waals surface area contributed by atoms with E-state index < -0.39 is 22.8 Å². The maximum Gasteiger partial charge on any atom is 0.408 e. The summed E-state index contributed by atoms with van der Waals surface area (Å²) in [5, 5.41) is 23.0. The Morgan fingerprint density at radius 1 is 1.75 bits per heavy atom. The highest BCUT2D eigenvalue weighted by atomic mass is 35.5. The SMILES string of the molecule is O=C(O)C(C1CC1)n1cc(Cl)c([N+](=O)[O-])n1. The smallest absolute Gasteiger partial charge is 0.408 e. The van der Waals surface area contributed by atoms with Crippen molar-refractivity contribution in [2.75, 3.05) is 0 Å². The Hall–Kier alpha value is -1.63. The second kappa shape index (κ2) is 3.75. The van der Waals surface area contributed by atoms with E-state index in [0.717, 1.165) is 17.5 Å². The summed E-state index contributed by atoms with van der Waals surface area (Å²) in [5.74, 6) is -1.56. The van der Waals surface area contributed by atoms with Gasteiger partial charge in [-0.2, -0.15) is 4.68 Å². The Morgan fingerprint density at radius 3 is 2.75 bits per heavy atom. The van der Waals surface area contributed by atoms with Crippen molar-refractivity contribution >= 4 is 23.4 Å². The molecule has 1 atom stereocenters. The lowest BCUT2D eigenvalue weighted by atomic mass is 10.2. The predicted octanol–water partition coefficient (Wildman–Crippen LogP) is 1.48. The lowest BCUT2D eigenvalue weighted by molar-refractivity contribution is -0.389. The summed E-state index contributed by atoms with van der Waals surface area (Å²) in [6, 6.07) is -0.855. The van der Waals surface area contributed by atoms with E-state index in [0.29, 0.717) is 0 Å². The number of aromatic nitrogens is 2. The zero-order valence-corrected chi connectivity index (χ0v) is 8.79. The molecule has 8 heteroatoms. The van der Waals surface area contributed by atoms with Crippen molar-refractivity contribution in [2.24, 2.45) is 5.92 Å². The number of halogens is 1. The molecule has 0 bridgehead atoms.